The Morgan fingerprint density at radius 2 is 1.94 bits per heavy atom. The summed E-state index contributed by atoms with van der Waals surface area (Å²) in [5.41, 5.74) is 0.801. The first-order valence-electron chi connectivity index (χ1n) is 4.72. The summed E-state index contributed by atoms with van der Waals surface area (Å²) in [5.74, 6) is 0. The van der Waals surface area contributed by atoms with Gasteiger partial charge in [0.1, 0.15) is 6.61 Å². The molecule has 0 aromatic heterocycles. The molecule has 0 fully saturated rings. The molecule has 0 aliphatic rings. The molecule has 7 heteroatoms. The van der Waals surface area contributed by atoms with Crippen LogP contribution in [0.25, 0.3) is 0 Å². The van der Waals surface area contributed by atoms with E-state index in [1.165, 1.54) is 0 Å². The van der Waals surface area contributed by atoms with Crippen LogP contribution in [0.2, 0.25) is 0 Å². The quantitative estimate of drug-likeness (QED) is 0.777. The molecule has 1 aromatic rings. The molecule has 17 heavy (non-hydrogen) atoms. The first-order valence-corrected chi connectivity index (χ1v) is 6.30. The summed E-state index contributed by atoms with van der Waals surface area (Å²) in [5, 5.41) is 2.97. The molecular weight excluding hydrogens is 367 g/mol. The molecule has 1 N–H and O–H groups in total. The van der Waals surface area contributed by atoms with Crippen molar-refractivity contribution in [1.82, 2.24) is 0 Å². The number of rotatable bonds is 5. The Hall–Kier alpha value is -0.270. The molecule has 0 unspecified atom stereocenters. The number of hydrogen-bond donors (Lipinski definition) is 1. The molecule has 2 nitrogen and oxygen atoms in total. The van der Waals surface area contributed by atoms with Crippen molar-refractivity contribution in [3.63, 3.8) is 0 Å². The Bertz CT molecular complexity index is 371. The monoisotopic (exact) mass is 375 g/mol. The second kappa shape index (κ2) is 6.61. The van der Waals surface area contributed by atoms with Gasteiger partial charge in [-0.1, -0.05) is 15.9 Å². The predicted molar refractivity (Wildman–Crippen MR) is 67.2 cm³/mol. The molecule has 0 saturated carbocycles. The Kier molecular flexibility index (Phi) is 5.75. The zero-order valence-electron chi connectivity index (χ0n) is 8.65. The van der Waals surface area contributed by atoms with E-state index in [1.807, 2.05) is 18.2 Å². The van der Waals surface area contributed by atoms with Crippen LogP contribution in [0.15, 0.2) is 27.1 Å². The van der Waals surface area contributed by atoms with Crippen LogP contribution in [0.4, 0.5) is 18.9 Å². The van der Waals surface area contributed by atoms with E-state index < -0.39 is 12.8 Å². The number of anilines is 1. The fourth-order valence-electron chi connectivity index (χ4n) is 1.08. The Balaban J connectivity index is 2.29. The number of hydrogen-bond acceptors (Lipinski definition) is 2. The third kappa shape index (κ3) is 6.28. The molecule has 0 heterocycles. The second-order valence-corrected chi connectivity index (χ2v) is 4.99. The van der Waals surface area contributed by atoms with Gasteiger partial charge < -0.3 is 10.1 Å². The van der Waals surface area contributed by atoms with Crippen LogP contribution in [-0.2, 0) is 4.74 Å². The fourth-order valence-corrected chi connectivity index (χ4v) is 1.83. The van der Waals surface area contributed by atoms with Crippen LogP contribution in [0.3, 0.4) is 0 Å². The number of ether oxygens (including phenoxy) is 1. The van der Waals surface area contributed by atoms with E-state index in [0.717, 1.165) is 14.6 Å². The molecule has 0 aliphatic heterocycles. The number of alkyl halides is 3. The van der Waals surface area contributed by atoms with Crippen LogP contribution < -0.4 is 5.32 Å². The SMILES string of the molecule is FC(F)(F)COCCNc1cc(Br)ccc1Br. The van der Waals surface area contributed by atoms with E-state index in [-0.39, 0.29) is 6.61 Å². The van der Waals surface area contributed by atoms with E-state index in [2.05, 4.69) is 41.9 Å². The Labute approximate surface area is 114 Å². The summed E-state index contributed by atoms with van der Waals surface area (Å²) in [6.45, 7) is -0.905. The van der Waals surface area contributed by atoms with Gasteiger partial charge in [-0.3, -0.25) is 0 Å². The lowest BCUT2D eigenvalue weighted by molar-refractivity contribution is -0.172. The molecule has 0 spiro atoms. The van der Waals surface area contributed by atoms with Gasteiger partial charge in [0.05, 0.1) is 6.61 Å². The van der Waals surface area contributed by atoms with Gasteiger partial charge >= 0.3 is 6.18 Å². The summed E-state index contributed by atoms with van der Waals surface area (Å²) < 4.78 is 41.5. The fraction of sp³-hybridized carbons (Fsp3) is 0.400. The number of benzene rings is 1. The third-order valence-electron chi connectivity index (χ3n) is 1.76. The van der Waals surface area contributed by atoms with Gasteiger partial charge in [-0.2, -0.15) is 13.2 Å². The summed E-state index contributed by atoms with van der Waals surface area (Å²) in [6.07, 6.45) is -4.27. The summed E-state index contributed by atoms with van der Waals surface area (Å²) in [4.78, 5) is 0. The maximum atomic E-state index is 11.8. The van der Waals surface area contributed by atoms with Crippen LogP contribution in [0, 0.1) is 0 Å². The van der Waals surface area contributed by atoms with Gasteiger partial charge in [-0.05, 0) is 34.1 Å². The molecule has 1 aromatic carbocycles. The van der Waals surface area contributed by atoms with Crippen LogP contribution in [0.5, 0.6) is 0 Å². The molecule has 0 saturated heterocycles. The Morgan fingerprint density at radius 1 is 1.24 bits per heavy atom. The van der Waals surface area contributed by atoms with E-state index in [1.54, 1.807) is 0 Å². The van der Waals surface area contributed by atoms with Gasteiger partial charge in [-0.15, -0.1) is 0 Å². The summed E-state index contributed by atoms with van der Waals surface area (Å²) >= 11 is 6.63. The van der Waals surface area contributed by atoms with Crippen molar-refractivity contribution in [2.24, 2.45) is 0 Å². The zero-order valence-corrected chi connectivity index (χ0v) is 11.8. The summed E-state index contributed by atoms with van der Waals surface area (Å²) in [6, 6.07) is 5.52. The lowest BCUT2D eigenvalue weighted by atomic mass is 10.3. The molecule has 96 valence electrons. The van der Waals surface area contributed by atoms with Crippen molar-refractivity contribution in [3.05, 3.63) is 27.1 Å². The minimum absolute atomic E-state index is 0.00152. The number of nitrogens with one attached hydrogen (secondary N) is 1. The highest BCUT2D eigenvalue weighted by atomic mass is 79.9. The maximum absolute atomic E-state index is 11.8. The van der Waals surface area contributed by atoms with Crippen LogP contribution in [0.1, 0.15) is 0 Å². The lowest BCUT2D eigenvalue weighted by Gasteiger charge is -2.10. The highest BCUT2D eigenvalue weighted by Gasteiger charge is 2.27. The third-order valence-corrected chi connectivity index (χ3v) is 2.94. The second-order valence-electron chi connectivity index (χ2n) is 3.22. The smallest absolute Gasteiger partial charge is 0.382 e. The van der Waals surface area contributed by atoms with Gasteiger partial charge in [0, 0.05) is 21.2 Å². The molecule has 0 bridgehead atoms. The zero-order chi connectivity index (χ0) is 12.9. The van der Waals surface area contributed by atoms with Crippen molar-refractivity contribution in [2.75, 3.05) is 25.1 Å². The van der Waals surface area contributed by atoms with Crippen molar-refractivity contribution in [2.45, 2.75) is 6.18 Å². The van der Waals surface area contributed by atoms with E-state index in [9.17, 15) is 13.2 Å². The number of halogens is 5. The minimum Gasteiger partial charge on any atom is -0.382 e. The van der Waals surface area contributed by atoms with E-state index >= 15 is 0 Å². The van der Waals surface area contributed by atoms with Crippen molar-refractivity contribution < 1.29 is 17.9 Å². The standard InChI is InChI=1S/C10H10Br2F3NO/c11-7-1-2-8(12)9(5-7)16-3-4-17-6-10(13,14)15/h1-2,5,16H,3-4,6H2. The lowest BCUT2D eigenvalue weighted by Crippen LogP contribution is -2.20. The summed E-state index contributed by atoms with van der Waals surface area (Å²) in [7, 11) is 0. The highest BCUT2D eigenvalue weighted by molar-refractivity contribution is 9.11. The first kappa shape index (κ1) is 14.8. The van der Waals surface area contributed by atoms with E-state index in [4.69, 9.17) is 0 Å². The topological polar surface area (TPSA) is 21.3 Å². The van der Waals surface area contributed by atoms with Crippen LogP contribution >= 0.6 is 31.9 Å². The average Bonchev–Trinajstić information content (AvgIpc) is 2.21. The normalized spacial score (nSPS) is 11.6. The van der Waals surface area contributed by atoms with Crippen molar-refractivity contribution in [3.8, 4) is 0 Å². The average molecular weight is 377 g/mol. The van der Waals surface area contributed by atoms with Gasteiger partial charge in [-0.25, -0.2) is 0 Å². The molecule has 1 rings (SSSR count). The Morgan fingerprint density at radius 3 is 2.59 bits per heavy atom. The highest BCUT2D eigenvalue weighted by Crippen LogP contribution is 2.25. The molecule has 0 radical (unpaired) electrons. The molecular formula is C10H10Br2F3NO. The van der Waals surface area contributed by atoms with Gasteiger partial charge in [0.15, 0.2) is 0 Å². The van der Waals surface area contributed by atoms with E-state index in [0.29, 0.717) is 6.54 Å². The maximum Gasteiger partial charge on any atom is 0.411 e. The van der Waals surface area contributed by atoms with Crippen LogP contribution in [-0.4, -0.2) is 25.9 Å². The van der Waals surface area contributed by atoms with Crippen molar-refractivity contribution in [1.29, 1.82) is 0 Å². The minimum atomic E-state index is -4.27. The first-order chi connectivity index (χ1) is 7.88. The molecule has 0 atom stereocenters. The largest absolute Gasteiger partial charge is 0.411 e. The molecule has 0 amide bonds. The van der Waals surface area contributed by atoms with Crippen molar-refractivity contribution >= 4 is 37.5 Å². The molecule has 0 aliphatic carbocycles. The predicted octanol–water partition coefficient (Wildman–Crippen LogP) is 4.20. The van der Waals surface area contributed by atoms with Gasteiger partial charge in [0.2, 0.25) is 0 Å². The van der Waals surface area contributed by atoms with Gasteiger partial charge in [0.25, 0.3) is 0 Å².